The molecule has 3 aromatic carbocycles. The summed E-state index contributed by atoms with van der Waals surface area (Å²) >= 11 is 12.2. The van der Waals surface area contributed by atoms with Gasteiger partial charge in [0.25, 0.3) is 0 Å². The van der Waals surface area contributed by atoms with Gasteiger partial charge in [-0.25, -0.2) is 19.1 Å². The number of carbonyl (C=O) groups is 1. The minimum atomic E-state index is -0.905. The van der Waals surface area contributed by atoms with Crippen LogP contribution >= 0.6 is 23.2 Å². The Balaban J connectivity index is 1.59. The zero-order valence-electron chi connectivity index (χ0n) is 21.7. The number of nitrogens with one attached hydrogen (secondary N) is 1. The fraction of sp³-hybridized carbons (Fsp3) is 0.241. The topological polar surface area (TPSA) is 105 Å². The van der Waals surface area contributed by atoms with E-state index in [4.69, 9.17) is 28.3 Å². The van der Waals surface area contributed by atoms with E-state index in [0.717, 1.165) is 22.4 Å². The van der Waals surface area contributed by atoms with Gasteiger partial charge < -0.3 is 10.4 Å². The fourth-order valence-corrected chi connectivity index (χ4v) is 4.94. The van der Waals surface area contributed by atoms with E-state index in [1.54, 1.807) is 24.1 Å². The summed E-state index contributed by atoms with van der Waals surface area (Å²) in [5.74, 6) is -0.287. The van der Waals surface area contributed by atoms with Crippen LogP contribution < -0.4 is 16.0 Å². The van der Waals surface area contributed by atoms with Crippen LogP contribution in [0.15, 0.2) is 88.8 Å². The number of aliphatic hydroxyl groups excluding tert-OH is 1. The largest absolute Gasteiger partial charge is 0.395 e. The Morgan fingerprint density at radius 3 is 2.33 bits per heavy atom. The molecule has 0 aliphatic carbocycles. The van der Waals surface area contributed by atoms with Crippen LogP contribution in [-0.2, 0) is 11.3 Å². The van der Waals surface area contributed by atoms with Crippen LogP contribution in [0.4, 0.5) is 5.95 Å². The molecule has 1 aliphatic heterocycles. The van der Waals surface area contributed by atoms with Crippen molar-refractivity contribution < 1.29 is 9.90 Å². The lowest BCUT2D eigenvalue weighted by molar-refractivity contribution is -0.124. The highest BCUT2D eigenvalue weighted by atomic mass is 35.5. The first-order chi connectivity index (χ1) is 19.4. The van der Waals surface area contributed by atoms with Crippen LogP contribution in [0, 0.1) is 0 Å². The summed E-state index contributed by atoms with van der Waals surface area (Å²) in [6.45, 7) is 2.08. The van der Waals surface area contributed by atoms with E-state index in [2.05, 4.69) is 10.4 Å². The van der Waals surface area contributed by atoms with E-state index in [1.807, 2.05) is 66.7 Å². The molecule has 0 saturated carbocycles. The molecule has 9 nitrogen and oxygen atoms in total. The second-order valence-electron chi connectivity index (χ2n) is 9.46. The molecule has 5 rings (SSSR count). The van der Waals surface area contributed by atoms with Gasteiger partial charge in [0.05, 0.1) is 25.4 Å². The van der Waals surface area contributed by atoms with E-state index in [0.29, 0.717) is 16.6 Å². The number of carbonyl (C=O) groups excluding carboxylic acids is 1. The molecule has 2 unspecified atom stereocenters. The number of anilines is 1. The van der Waals surface area contributed by atoms with Crippen LogP contribution in [0.2, 0.25) is 10.0 Å². The van der Waals surface area contributed by atoms with E-state index in [-0.39, 0.29) is 31.6 Å². The van der Waals surface area contributed by atoms with Crippen molar-refractivity contribution in [2.24, 2.45) is 5.10 Å². The summed E-state index contributed by atoms with van der Waals surface area (Å²) in [5.41, 5.74) is 3.12. The second-order valence-corrected chi connectivity index (χ2v) is 10.3. The molecule has 206 valence electrons. The monoisotopic (exact) mass is 578 g/mol. The van der Waals surface area contributed by atoms with Gasteiger partial charge in [0.1, 0.15) is 6.04 Å². The molecule has 4 aromatic rings. The van der Waals surface area contributed by atoms with E-state index < -0.39 is 17.6 Å². The first-order valence-corrected chi connectivity index (χ1v) is 13.6. The average Bonchev–Trinajstić information content (AvgIpc) is 3.55. The number of aliphatic hydroxyl groups is 1. The number of rotatable bonds is 9. The first kappa shape index (κ1) is 27.6. The maximum absolute atomic E-state index is 13.7. The average molecular weight is 579 g/mol. The number of halogens is 2. The molecule has 1 aliphatic rings. The summed E-state index contributed by atoms with van der Waals surface area (Å²) in [7, 11) is 0. The number of aromatic nitrogens is 3. The number of nitrogens with zero attached hydrogens (tertiary/aromatic N) is 5. The summed E-state index contributed by atoms with van der Waals surface area (Å²) in [4.78, 5) is 26.6. The van der Waals surface area contributed by atoms with Gasteiger partial charge in [-0.2, -0.15) is 5.10 Å². The third-order valence-electron chi connectivity index (χ3n) is 6.76. The smallest absolute Gasteiger partial charge is 0.348 e. The predicted octanol–water partition coefficient (Wildman–Crippen LogP) is 4.08. The van der Waals surface area contributed by atoms with Crippen molar-refractivity contribution >= 4 is 40.8 Å². The summed E-state index contributed by atoms with van der Waals surface area (Å²) < 4.78 is 2.67. The van der Waals surface area contributed by atoms with Crippen LogP contribution in [-0.4, -0.2) is 50.8 Å². The number of hydrogen-bond donors (Lipinski definition) is 2. The van der Waals surface area contributed by atoms with Gasteiger partial charge in [-0.15, -0.1) is 5.10 Å². The molecule has 0 radical (unpaired) electrons. The zero-order chi connectivity index (χ0) is 28.2. The van der Waals surface area contributed by atoms with Crippen molar-refractivity contribution in [2.45, 2.75) is 25.4 Å². The number of amides is 1. The molecule has 1 aromatic heterocycles. The molecule has 2 N–H and O–H groups in total. The Morgan fingerprint density at radius 2 is 1.68 bits per heavy atom. The van der Waals surface area contributed by atoms with E-state index in [1.165, 1.54) is 9.25 Å². The van der Waals surface area contributed by atoms with Crippen molar-refractivity contribution in [3.05, 3.63) is 116 Å². The molecule has 0 bridgehead atoms. The standard InChI is InChI=1S/C29H28Cl2N6O3/c1-19(27(39)32-15-16-38)37-28(34-36(29(37)40)17-20-7-11-23(30)12-8-20)35-18-25(21-5-3-2-4-6-21)26(33-35)22-9-13-24(31)14-10-22/h2-14,19,25,38H,15-18H2,1H3,(H,32,39). The normalized spacial score (nSPS) is 15.7. The Hall–Kier alpha value is -3.92. The van der Waals surface area contributed by atoms with E-state index >= 15 is 0 Å². The summed E-state index contributed by atoms with van der Waals surface area (Å²) in [6, 6.07) is 23.7. The highest BCUT2D eigenvalue weighted by molar-refractivity contribution is 6.31. The van der Waals surface area contributed by atoms with Crippen molar-refractivity contribution in [3.8, 4) is 0 Å². The number of hydrazone groups is 1. The van der Waals surface area contributed by atoms with Gasteiger partial charge in [-0.05, 0) is 47.9 Å². The summed E-state index contributed by atoms with van der Waals surface area (Å²) in [6.07, 6.45) is 0. The lowest BCUT2D eigenvalue weighted by Gasteiger charge is -2.19. The predicted molar refractivity (Wildman–Crippen MR) is 156 cm³/mol. The molecular weight excluding hydrogens is 551 g/mol. The molecule has 11 heteroatoms. The Morgan fingerprint density at radius 1 is 1.02 bits per heavy atom. The molecule has 2 atom stereocenters. The highest BCUT2D eigenvalue weighted by Gasteiger charge is 2.35. The van der Waals surface area contributed by atoms with Crippen LogP contribution in [0.25, 0.3) is 0 Å². The maximum Gasteiger partial charge on any atom is 0.348 e. The molecule has 2 heterocycles. The minimum absolute atomic E-state index is 0.0742. The lowest BCUT2D eigenvalue weighted by Crippen LogP contribution is -2.38. The fourth-order valence-electron chi connectivity index (χ4n) is 4.69. The number of hydrogen-bond acceptors (Lipinski definition) is 6. The number of benzene rings is 3. The van der Waals surface area contributed by atoms with Gasteiger partial charge in [-0.3, -0.25) is 4.79 Å². The zero-order valence-corrected chi connectivity index (χ0v) is 23.3. The van der Waals surface area contributed by atoms with Gasteiger partial charge >= 0.3 is 5.69 Å². The Kier molecular flexibility index (Phi) is 8.35. The molecule has 1 amide bonds. The first-order valence-electron chi connectivity index (χ1n) is 12.8. The van der Waals surface area contributed by atoms with Crippen molar-refractivity contribution in [2.75, 3.05) is 24.7 Å². The minimum Gasteiger partial charge on any atom is -0.395 e. The highest BCUT2D eigenvalue weighted by Crippen LogP contribution is 2.32. The molecule has 0 spiro atoms. The molecule has 40 heavy (non-hydrogen) atoms. The van der Waals surface area contributed by atoms with Crippen LogP contribution in [0.5, 0.6) is 0 Å². The third-order valence-corrected chi connectivity index (χ3v) is 7.27. The maximum atomic E-state index is 13.7. The van der Waals surface area contributed by atoms with Crippen molar-refractivity contribution in [1.82, 2.24) is 19.7 Å². The lowest BCUT2D eigenvalue weighted by atomic mass is 9.91. The van der Waals surface area contributed by atoms with Crippen LogP contribution in [0.1, 0.15) is 35.6 Å². The molecule has 0 saturated heterocycles. The Bertz CT molecular complexity index is 1570. The van der Waals surface area contributed by atoms with Gasteiger partial charge in [0.15, 0.2) is 0 Å². The Labute approximate surface area is 241 Å². The summed E-state index contributed by atoms with van der Waals surface area (Å²) in [5, 5.41) is 24.3. The quantitative estimate of drug-likeness (QED) is 0.311. The molecule has 0 fully saturated rings. The van der Waals surface area contributed by atoms with Gasteiger partial charge in [0.2, 0.25) is 11.9 Å². The van der Waals surface area contributed by atoms with Crippen molar-refractivity contribution in [3.63, 3.8) is 0 Å². The van der Waals surface area contributed by atoms with Gasteiger partial charge in [0, 0.05) is 22.5 Å². The SMILES string of the molecule is CC(C(=O)NCCO)n1c(N2CC(c3ccccc3)C(c3ccc(Cl)cc3)=N2)nn(Cc2ccc(Cl)cc2)c1=O. The third kappa shape index (κ3) is 5.82. The second kappa shape index (κ2) is 12.1. The van der Waals surface area contributed by atoms with Gasteiger partial charge in [-0.1, -0.05) is 77.8 Å². The molecular formula is C29H28Cl2N6O3. The van der Waals surface area contributed by atoms with E-state index in [9.17, 15) is 14.7 Å². The van der Waals surface area contributed by atoms with Crippen molar-refractivity contribution in [1.29, 1.82) is 0 Å². The van der Waals surface area contributed by atoms with Crippen LogP contribution in [0.3, 0.4) is 0 Å².